The van der Waals surface area contributed by atoms with E-state index in [1.54, 1.807) is 43.5 Å². The van der Waals surface area contributed by atoms with E-state index in [0.29, 0.717) is 41.6 Å². The SMILES string of the molecule is COc1ccc(OC(=O)C2CCN(S(=O)(=O)c3ccc(Br)s3)CC2)cc1. The zero-order chi connectivity index (χ0) is 18.7. The van der Waals surface area contributed by atoms with Crippen LogP contribution in [0, 0.1) is 5.92 Å². The molecule has 1 fully saturated rings. The molecule has 3 rings (SSSR count). The molecule has 1 saturated heterocycles. The molecule has 2 aromatic rings. The van der Waals surface area contributed by atoms with Crippen molar-refractivity contribution in [3.8, 4) is 11.5 Å². The Morgan fingerprint density at radius 3 is 2.27 bits per heavy atom. The second kappa shape index (κ2) is 8.08. The molecule has 1 aromatic heterocycles. The quantitative estimate of drug-likeness (QED) is 0.504. The van der Waals surface area contributed by atoms with Gasteiger partial charge < -0.3 is 9.47 Å². The molecule has 0 unspecified atom stereocenters. The summed E-state index contributed by atoms with van der Waals surface area (Å²) in [6.45, 7) is 0.612. The van der Waals surface area contributed by atoms with Crippen molar-refractivity contribution in [2.45, 2.75) is 17.1 Å². The average Bonchev–Trinajstić information content (AvgIpc) is 3.10. The third-order valence-corrected chi connectivity index (χ3v) is 8.20. The summed E-state index contributed by atoms with van der Waals surface area (Å²) in [5, 5.41) is 0. The lowest BCUT2D eigenvalue weighted by molar-refractivity contribution is -0.140. The maximum absolute atomic E-state index is 12.6. The number of carbonyl (C=O) groups excluding carboxylic acids is 1. The molecular formula is C17H18BrNO5S2. The molecule has 1 aliphatic rings. The predicted octanol–water partition coefficient (Wildman–Crippen LogP) is 3.53. The number of sulfonamides is 1. The fourth-order valence-electron chi connectivity index (χ4n) is 2.74. The number of halogens is 1. The number of piperidine rings is 1. The lowest BCUT2D eigenvalue weighted by Crippen LogP contribution is -2.40. The zero-order valence-corrected chi connectivity index (χ0v) is 17.3. The number of ether oxygens (including phenoxy) is 2. The van der Waals surface area contributed by atoms with E-state index in [2.05, 4.69) is 15.9 Å². The minimum absolute atomic E-state index is 0.306. The van der Waals surface area contributed by atoms with Gasteiger partial charge >= 0.3 is 5.97 Å². The number of hydrogen-bond donors (Lipinski definition) is 0. The summed E-state index contributed by atoms with van der Waals surface area (Å²) in [5.41, 5.74) is 0. The van der Waals surface area contributed by atoms with E-state index < -0.39 is 10.0 Å². The van der Waals surface area contributed by atoms with Gasteiger partial charge in [0.15, 0.2) is 0 Å². The lowest BCUT2D eigenvalue weighted by Gasteiger charge is -2.29. The van der Waals surface area contributed by atoms with Gasteiger partial charge in [0.2, 0.25) is 0 Å². The molecule has 1 aliphatic heterocycles. The summed E-state index contributed by atoms with van der Waals surface area (Å²) in [4.78, 5) is 12.3. The standard InChI is InChI=1S/C17H18BrNO5S2/c1-23-13-2-4-14(5-3-13)24-17(20)12-8-10-19(11-9-12)26(21,22)16-7-6-15(18)25-16/h2-7,12H,8-11H2,1H3. The topological polar surface area (TPSA) is 72.9 Å². The van der Waals surface area contributed by atoms with Crippen LogP contribution in [0.25, 0.3) is 0 Å². The molecule has 0 spiro atoms. The highest BCUT2D eigenvalue weighted by atomic mass is 79.9. The number of hydrogen-bond acceptors (Lipinski definition) is 6. The maximum Gasteiger partial charge on any atom is 0.314 e. The van der Waals surface area contributed by atoms with Gasteiger partial charge in [-0.3, -0.25) is 4.79 Å². The van der Waals surface area contributed by atoms with Crippen LogP contribution in [-0.2, 0) is 14.8 Å². The smallest absolute Gasteiger partial charge is 0.314 e. The van der Waals surface area contributed by atoms with Crippen molar-refractivity contribution in [3.05, 3.63) is 40.2 Å². The van der Waals surface area contributed by atoms with Crippen LogP contribution in [-0.4, -0.2) is 38.9 Å². The van der Waals surface area contributed by atoms with Crippen LogP contribution >= 0.6 is 27.3 Å². The molecule has 0 saturated carbocycles. The Kier molecular flexibility index (Phi) is 6.01. The first-order valence-corrected chi connectivity index (χ1v) is 11.1. The van der Waals surface area contributed by atoms with E-state index in [-0.39, 0.29) is 11.9 Å². The Morgan fingerprint density at radius 2 is 1.73 bits per heavy atom. The van der Waals surface area contributed by atoms with E-state index in [9.17, 15) is 13.2 Å². The Bertz CT molecular complexity index is 871. The normalized spacial score (nSPS) is 16.4. The third-order valence-electron chi connectivity index (χ3n) is 4.21. The number of nitrogens with zero attached hydrogens (tertiary/aromatic N) is 1. The summed E-state index contributed by atoms with van der Waals surface area (Å²) in [6, 6.07) is 10.1. The van der Waals surface area contributed by atoms with Gasteiger partial charge in [-0.2, -0.15) is 4.31 Å². The second-order valence-electron chi connectivity index (χ2n) is 5.83. The number of carbonyl (C=O) groups is 1. The van der Waals surface area contributed by atoms with E-state index in [0.717, 1.165) is 3.79 Å². The Labute approximate surface area is 164 Å². The first-order valence-electron chi connectivity index (χ1n) is 8.01. The van der Waals surface area contributed by atoms with Crippen LogP contribution in [0.2, 0.25) is 0 Å². The average molecular weight is 460 g/mol. The van der Waals surface area contributed by atoms with Gasteiger partial charge in [0.05, 0.1) is 16.8 Å². The van der Waals surface area contributed by atoms with Crippen molar-refractivity contribution in [3.63, 3.8) is 0 Å². The van der Waals surface area contributed by atoms with Crippen LogP contribution in [0.1, 0.15) is 12.8 Å². The fraction of sp³-hybridized carbons (Fsp3) is 0.353. The van der Waals surface area contributed by atoms with Crippen molar-refractivity contribution >= 4 is 43.3 Å². The number of methoxy groups -OCH3 is 1. The van der Waals surface area contributed by atoms with Gasteiger partial charge in [0.1, 0.15) is 15.7 Å². The second-order valence-corrected chi connectivity index (χ2v) is 10.5. The first-order chi connectivity index (χ1) is 12.4. The van der Waals surface area contributed by atoms with Crippen molar-refractivity contribution < 1.29 is 22.7 Å². The molecule has 0 radical (unpaired) electrons. The molecule has 0 atom stereocenters. The molecule has 0 aliphatic carbocycles. The molecule has 1 aromatic carbocycles. The zero-order valence-electron chi connectivity index (χ0n) is 14.1. The highest BCUT2D eigenvalue weighted by Crippen LogP contribution is 2.31. The van der Waals surface area contributed by atoms with Crippen LogP contribution < -0.4 is 9.47 Å². The summed E-state index contributed by atoms with van der Waals surface area (Å²) in [5.74, 6) is 0.502. The number of thiophene rings is 1. The van der Waals surface area contributed by atoms with E-state index >= 15 is 0 Å². The Balaban J connectivity index is 1.58. The van der Waals surface area contributed by atoms with Gasteiger partial charge in [0, 0.05) is 13.1 Å². The van der Waals surface area contributed by atoms with Crippen molar-refractivity contribution in [2.75, 3.05) is 20.2 Å². The molecule has 9 heteroatoms. The lowest BCUT2D eigenvalue weighted by atomic mass is 9.98. The van der Waals surface area contributed by atoms with Crippen molar-refractivity contribution in [1.82, 2.24) is 4.31 Å². The van der Waals surface area contributed by atoms with Gasteiger partial charge in [0.25, 0.3) is 10.0 Å². The van der Waals surface area contributed by atoms with Gasteiger partial charge in [-0.25, -0.2) is 8.42 Å². The summed E-state index contributed by atoms with van der Waals surface area (Å²) in [7, 11) is -1.93. The molecule has 26 heavy (non-hydrogen) atoms. The van der Waals surface area contributed by atoms with Crippen molar-refractivity contribution in [1.29, 1.82) is 0 Å². The van der Waals surface area contributed by atoms with Crippen LogP contribution in [0.4, 0.5) is 0 Å². The van der Waals surface area contributed by atoms with Gasteiger partial charge in [-0.1, -0.05) is 0 Å². The number of esters is 1. The Morgan fingerprint density at radius 1 is 1.12 bits per heavy atom. The molecule has 0 N–H and O–H groups in total. The minimum Gasteiger partial charge on any atom is -0.497 e. The van der Waals surface area contributed by atoms with Crippen molar-refractivity contribution in [2.24, 2.45) is 5.92 Å². The molecule has 6 nitrogen and oxygen atoms in total. The number of rotatable bonds is 5. The van der Waals surface area contributed by atoms with Gasteiger partial charge in [-0.05, 0) is 65.2 Å². The van der Waals surface area contributed by atoms with E-state index in [1.807, 2.05) is 0 Å². The van der Waals surface area contributed by atoms with Crippen LogP contribution in [0.5, 0.6) is 11.5 Å². The molecule has 0 bridgehead atoms. The highest BCUT2D eigenvalue weighted by molar-refractivity contribution is 9.11. The predicted molar refractivity (Wildman–Crippen MR) is 102 cm³/mol. The highest BCUT2D eigenvalue weighted by Gasteiger charge is 2.33. The van der Waals surface area contributed by atoms with Crippen LogP contribution in [0.3, 0.4) is 0 Å². The largest absolute Gasteiger partial charge is 0.497 e. The summed E-state index contributed by atoms with van der Waals surface area (Å²) >= 11 is 4.47. The minimum atomic E-state index is -3.50. The fourth-order valence-corrected chi connectivity index (χ4v) is 6.37. The molecule has 2 heterocycles. The monoisotopic (exact) mass is 459 g/mol. The van der Waals surface area contributed by atoms with E-state index in [4.69, 9.17) is 9.47 Å². The molecule has 0 amide bonds. The van der Waals surface area contributed by atoms with E-state index in [1.165, 1.54) is 15.6 Å². The van der Waals surface area contributed by atoms with Crippen LogP contribution in [0.15, 0.2) is 44.4 Å². The first kappa shape index (κ1) is 19.3. The van der Waals surface area contributed by atoms with Gasteiger partial charge in [-0.15, -0.1) is 11.3 Å². The molecular weight excluding hydrogens is 442 g/mol. The number of benzene rings is 1. The molecule has 140 valence electrons. The third kappa shape index (κ3) is 4.28. The summed E-state index contributed by atoms with van der Waals surface area (Å²) < 4.78 is 38.2. The maximum atomic E-state index is 12.6. The Hall–Kier alpha value is -1.42. The summed E-state index contributed by atoms with van der Waals surface area (Å²) in [6.07, 6.45) is 0.890.